The molecule has 1 saturated heterocycles. The molecule has 4 nitrogen and oxygen atoms in total. The van der Waals surface area contributed by atoms with Crippen LogP contribution in [0.1, 0.15) is 36.9 Å². The molecular formula is C13H18N4. The Balaban J connectivity index is 1.94. The number of aryl methyl sites for hydroxylation is 1. The largest absolute Gasteiger partial charge is 0.316 e. The molecule has 1 unspecified atom stereocenters. The van der Waals surface area contributed by atoms with Crippen molar-refractivity contribution in [3.05, 3.63) is 29.7 Å². The van der Waals surface area contributed by atoms with E-state index in [1.165, 1.54) is 17.7 Å². The quantitative estimate of drug-likeness (QED) is 0.873. The maximum absolute atomic E-state index is 4.65. The molecule has 17 heavy (non-hydrogen) atoms. The minimum absolute atomic E-state index is 0.561. The molecule has 0 saturated carbocycles. The standard InChI is InChI=1S/C13H18N4/c1-2-3-10-7-15-13-6-12(16-17(13)9-10)11-4-5-14-8-11/h6-7,9,11,14H,2-5,8H2,1H3. The second kappa shape index (κ2) is 4.45. The van der Waals surface area contributed by atoms with Gasteiger partial charge in [0.05, 0.1) is 5.69 Å². The lowest BCUT2D eigenvalue weighted by Gasteiger charge is -2.01. The molecule has 4 heteroatoms. The number of nitrogens with one attached hydrogen (secondary N) is 1. The molecule has 0 spiro atoms. The zero-order valence-electron chi connectivity index (χ0n) is 10.2. The van der Waals surface area contributed by atoms with Crippen LogP contribution >= 0.6 is 0 Å². The Bertz CT molecular complexity index is 511. The van der Waals surface area contributed by atoms with Crippen molar-refractivity contribution in [3.63, 3.8) is 0 Å². The first-order valence-electron chi connectivity index (χ1n) is 6.41. The van der Waals surface area contributed by atoms with E-state index < -0.39 is 0 Å². The molecule has 0 aliphatic carbocycles. The molecule has 90 valence electrons. The molecule has 3 rings (SSSR count). The van der Waals surface area contributed by atoms with Crippen molar-refractivity contribution in [2.45, 2.75) is 32.1 Å². The van der Waals surface area contributed by atoms with Gasteiger partial charge in [0.2, 0.25) is 0 Å². The highest BCUT2D eigenvalue weighted by Crippen LogP contribution is 2.21. The van der Waals surface area contributed by atoms with Crippen molar-refractivity contribution in [2.75, 3.05) is 13.1 Å². The Kier molecular flexibility index (Phi) is 2.81. The summed E-state index contributed by atoms with van der Waals surface area (Å²) in [5.41, 5.74) is 3.40. The smallest absolute Gasteiger partial charge is 0.155 e. The Hall–Kier alpha value is -1.42. The first-order valence-corrected chi connectivity index (χ1v) is 6.41. The van der Waals surface area contributed by atoms with Crippen LogP contribution in [0.3, 0.4) is 0 Å². The molecule has 0 amide bonds. The first-order chi connectivity index (χ1) is 8.36. The van der Waals surface area contributed by atoms with E-state index in [0.29, 0.717) is 5.92 Å². The highest BCUT2D eigenvalue weighted by atomic mass is 15.2. The van der Waals surface area contributed by atoms with Crippen LogP contribution in [0.4, 0.5) is 0 Å². The van der Waals surface area contributed by atoms with Crippen molar-refractivity contribution in [2.24, 2.45) is 0 Å². The van der Waals surface area contributed by atoms with Gasteiger partial charge in [-0.05, 0) is 24.9 Å². The third-order valence-corrected chi connectivity index (χ3v) is 3.40. The fraction of sp³-hybridized carbons (Fsp3) is 0.538. The number of rotatable bonds is 3. The van der Waals surface area contributed by atoms with Crippen molar-refractivity contribution in [3.8, 4) is 0 Å². The van der Waals surface area contributed by atoms with Gasteiger partial charge in [0, 0.05) is 30.9 Å². The maximum atomic E-state index is 4.65. The Labute approximate surface area is 101 Å². The minimum atomic E-state index is 0.561. The molecule has 3 heterocycles. The van der Waals surface area contributed by atoms with E-state index in [9.17, 15) is 0 Å². The van der Waals surface area contributed by atoms with Gasteiger partial charge in [0.1, 0.15) is 0 Å². The van der Waals surface area contributed by atoms with Crippen molar-refractivity contribution < 1.29 is 0 Å². The van der Waals surface area contributed by atoms with Gasteiger partial charge in [-0.25, -0.2) is 9.50 Å². The molecule has 1 aliphatic rings. The summed E-state index contributed by atoms with van der Waals surface area (Å²) < 4.78 is 1.93. The van der Waals surface area contributed by atoms with E-state index in [4.69, 9.17) is 0 Å². The predicted octanol–water partition coefficient (Wildman–Crippen LogP) is 1.76. The van der Waals surface area contributed by atoms with E-state index in [-0.39, 0.29) is 0 Å². The van der Waals surface area contributed by atoms with Gasteiger partial charge >= 0.3 is 0 Å². The number of nitrogens with zero attached hydrogens (tertiary/aromatic N) is 3. The summed E-state index contributed by atoms with van der Waals surface area (Å²) in [5, 5.41) is 8.03. The van der Waals surface area contributed by atoms with Gasteiger partial charge in [-0.15, -0.1) is 0 Å². The van der Waals surface area contributed by atoms with Crippen LogP contribution in [0, 0.1) is 0 Å². The average molecular weight is 230 g/mol. The fourth-order valence-corrected chi connectivity index (χ4v) is 2.46. The molecule has 2 aromatic rings. The molecule has 0 radical (unpaired) electrons. The second-order valence-electron chi connectivity index (χ2n) is 4.77. The summed E-state index contributed by atoms with van der Waals surface area (Å²) in [6, 6.07) is 2.12. The number of hydrogen-bond donors (Lipinski definition) is 1. The molecular weight excluding hydrogens is 212 g/mol. The van der Waals surface area contributed by atoms with Gasteiger partial charge in [-0.2, -0.15) is 5.10 Å². The van der Waals surface area contributed by atoms with E-state index in [1.54, 1.807) is 0 Å². The highest BCUT2D eigenvalue weighted by molar-refractivity contribution is 5.40. The number of fused-ring (bicyclic) bond motifs is 1. The number of aromatic nitrogens is 3. The van der Waals surface area contributed by atoms with E-state index in [2.05, 4.69) is 34.6 Å². The van der Waals surface area contributed by atoms with Crippen molar-refractivity contribution in [1.29, 1.82) is 0 Å². The van der Waals surface area contributed by atoms with Crippen LogP contribution in [-0.2, 0) is 6.42 Å². The predicted molar refractivity (Wildman–Crippen MR) is 67.2 cm³/mol. The summed E-state index contributed by atoms with van der Waals surface area (Å²) in [6.07, 6.45) is 7.48. The van der Waals surface area contributed by atoms with Crippen LogP contribution in [-0.4, -0.2) is 27.7 Å². The van der Waals surface area contributed by atoms with Crippen LogP contribution < -0.4 is 5.32 Å². The third kappa shape index (κ3) is 2.05. The Morgan fingerprint density at radius 1 is 1.53 bits per heavy atom. The summed E-state index contributed by atoms with van der Waals surface area (Å²) in [5.74, 6) is 0.561. The van der Waals surface area contributed by atoms with Gasteiger partial charge in [0.25, 0.3) is 0 Å². The lowest BCUT2D eigenvalue weighted by Crippen LogP contribution is -2.08. The summed E-state index contributed by atoms with van der Waals surface area (Å²) in [6.45, 7) is 4.33. The fourth-order valence-electron chi connectivity index (χ4n) is 2.46. The maximum Gasteiger partial charge on any atom is 0.155 e. The van der Waals surface area contributed by atoms with Crippen LogP contribution in [0.2, 0.25) is 0 Å². The molecule has 1 N–H and O–H groups in total. The summed E-state index contributed by atoms with van der Waals surface area (Å²) >= 11 is 0. The van der Waals surface area contributed by atoms with Gasteiger partial charge in [0.15, 0.2) is 5.65 Å². The third-order valence-electron chi connectivity index (χ3n) is 3.40. The Morgan fingerprint density at radius 2 is 2.47 bits per heavy atom. The van der Waals surface area contributed by atoms with E-state index in [1.807, 2.05) is 10.7 Å². The minimum Gasteiger partial charge on any atom is -0.316 e. The van der Waals surface area contributed by atoms with E-state index in [0.717, 1.165) is 31.6 Å². The molecule has 0 aromatic carbocycles. The summed E-state index contributed by atoms with van der Waals surface area (Å²) in [4.78, 5) is 4.47. The number of hydrogen-bond acceptors (Lipinski definition) is 3. The molecule has 1 atom stereocenters. The molecule has 1 fully saturated rings. The molecule has 1 aliphatic heterocycles. The second-order valence-corrected chi connectivity index (χ2v) is 4.77. The summed E-state index contributed by atoms with van der Waals surface area (Å²) in [7, 11) is 0. The topological polar surface area (TPSA) is 42.2 Å². The van der Waals surface area contributed by atoms with Gasteiger partial charge in [-0.3, -0.25) is 0 Å². The first kappa shape index (κ1) is 10.7. The van der Waals surface area contributed by atoms with Crippen molar-refractivity contribution >= 4 is 5.65 Å². The molecule has 0 bridgehead atoms. The monoisotopic (exact) mass is 230 g/mol. The van der Waals surface area contributed by atoms with Crippen LogP contribution in [0.15, 0.2) is 18.5 Å². The molecule has 2 aromatic heterocycles. The normalized spacial score (nSPS) is 20.2. The lowest BCUT2D eigenvalue weighted by atomic mass is 10.1. The van der Waals surface area contributed by atoms with Crippen LogP contribution in [0.25, 0.3) is 5.65 Å². The Morgan fingerprint density at radius 3 is 3.24 bits per heavy atom. The van der Waals surface area contributed by atoms with E-state index >= 15 is 0 Å². The highest BCUT2D eigenvalue weighted by Gasteiger charge is 2.19. The average Bonchev–Trinajstić information content (AvgIpc) is 2.97. The SMILES string of the molecule is CCCc1cnc2cc(C3CCNC3)nn2c1. The lowest BCUT2D eigenvalue weighted by molar-refractivity contribution is 0.716. The zero-order chi connectivity index (χ0) is 11.7. The zero-order valence-corrected chi connectivity index (χ0v) is 10.2. The van der Waals surface area contributed by atoms with Gasteiger partial charge < -0.3 is 5.32 Å². The van der Waals surface area contributed by atoms with Gasteiger partial charge in [-0.1, -0.05) is 13.3 Å². The van der Waals surface area contributed by atoms with Crippen molar-refractivity contribution in [1.82, 2.24) is 19.9 Å². The van der Waals surface area contributed by atoms with Crippen LogP contribution in [0.5, 0.6) is 0 Å².